The molecule has 0 aromatic carbocycles. The van der Waals surface area contributed by atoms with E-state index >= 15 is 0 Å². The molecule has 0 radical (unpaired) electrons. The van der Waals surface area contributed by atoms with E-state index in [1.165, 1.54) is 31.9 Å². The van der Waals surface area contributed by atoms with E-state index in [9.17, 15) is 4.79 Å². The maximum absolute atomic E-state index is 12.5. The number of nitrogens with zero attached hydrogens (tertiary/aromatic N) is 1. The summed E-state index contributed by atoms with van der Waals surface area (Å²) in [6, 6.07) is 2.10. The van der Waals surface area contributed by atoms with Crippen molar-refractivity contribution in [1.29, 1.82) is 0 Å². The van der Waals surface area contributed by atoms with Crippen molar-refractivity contribution in [1.82, 2.24) is 4.90 Å². The summed E-state index contributed by atoms with van der Waals surface area (Å²) in [6.45, 7) is 0.863. The van der Waals surface area contributed by atoms with E-state index in [0.717, 1.165) is 19.4 Å². The molecule has 1 aromatic rings. The molecular weight excluding hydrogens is 250 g/mol. The van der Waals surface area contributed by atoms with Gasteiger partial charge in [0.1, 0.15) is 0 Å². The Balaban J connectivity index is 1.82. The zero-order valence-electron chi connectivity index (χ0n) is 10.4. The predicted octanol–water partition coefficient (Wildman–Crippen LogP) is 3.73. The highest BCUT2D eigenvalue weighted by Gasteiger charge is 2.36. The number of furan rings is 1. The number of carbonyl (C=O) groups excluding carboxylic acids is 1. The van der Waals surface area contributed by atoms with Gasteiger partial charge >= 0.3 is 0 Å². The van der Waals surface area contributed by atoms with Crippen molar-refractivity contribution in [3.8, 4) is 0 Å². The van der Waals surface area contributed by atoms with E-state index in [2.05, 4.69) is 0 Å². The van der Waals surface area contributed by atoms with E-state index in [1.807, 2.05) is 4.90 Å². The van der Waals surface area contributed by atoms with E-state index in [4.69, 9.17) is 16.0 Å². The van der Waals surface area contributed by atoms with E-state index < -0.39 is 0 Å². The number of carbonyl (C=O) groups is 1. The molecule has 98 valence electrons. The van der Waals surface area contributed by atoms with Gasteiger partial charge in [-0.3, -0.25) is 4.79 Å². The summed E-state index contributed by atoms with van der Waals surface area (Å²) in [5.74, 6) is 0.743. The van der Waals surface area contributed by atoms with Crippen molar-refractivity contribution in [2.75, 3.05) is 6.54 Å². The van der Waals surface area contributed by atoms with Gasteiger partial charge in [-0.05, 0) is 49.3 Å². The molecule has 1 aliphatic heterocycles. The van der Waals surface area contributed by atoms with Crippen LogP contribution < -0.4 is 0 Å². The molecule has 0 spiro atoms. The summed E-state index contributed by atoms with van der Waals surface area (Å²) in [6.07, 6.45) is 8.84. The van der Waals surface area contributed by atoms with Gasteiger partial charge in [-0.15, -0.1) is 0 Å². The summed E-state index contributed by atoms with van der Waals surface area (Å²) in [5, 5.41) is 0.220. The molecule has 4 heteroatoms. The van der Waals surface area contributed by atoms with Crippen LogP contribution in [-0.2, 0) is 0 Å². The second kappa shape index (κ2) is 4.96. The van der Waals surface area contributed by atoms with Crippen molar-refractivity contribution < 1.29 is 9.21 Å². The van der Waals surface area contributed by atoms with Crippen LogP contribution in [0.4, 0.5) is 0 Å². The maximum atomic E-state index is 12.5. The average Bonchev–Trinajstić information content (AvgIpc) is 2.83. The first kappa shape index (κ1) is 12.1. The predicted molar refractivity (Wildman–Crippen MR) is 69.7 cm³/mol. The molecular formula is C14H18ClNO2. The van der Waals surface area contributed by atoms with Gasteiger partial charge < -0.3 is 9.32 Å². The van der Waals surface area contributed by atoms with Crippen LogP contribution in [0.2, 0.25) is 5.22 Å². The Morgan fingerprint density at radius 3 is 2.83 bits per heavy atom. The first-order valence-corrected chi connectivity index (χ1v) is 7.19. The fraction of sp³-hybridized carbons (Fsp3) is 0.643. The number of hydrogen-bond donors (Lipinski definition) is 0. The molecule has 0 N–H and O–H groups in total. The zero-order valence-corrected chi connectivity index (χ0v) is 11.2. The van der Waals surface area contributed by atoms with Crippen LogP contribution in [0.15, 0.2) is 16.7 Å². The van der Waals surface area contributed by atoms with Crippen molar-refractivity contribution in [2.24, 2.45) is 5.92 Å². The van der Waals surface area contributed by atoms with Crippen LogP contribution in [0.25, 0.3) is 0 Å². The molecule has 2 atom stereocenters. The van der Waals surface area contributed by atoms with Gasteiger partial charge in [0.2, 0.25) is 5.22 Å². The maximum Gasteiger partial charge on any atom is 0.258 e. The van der Waals surface area contributed by atoms with Crippen LogP contribution in [0, 0.1) is 5.92 Å². The molecule has 2 heterocycles. The molecule has 1 saturated carbocycles. The first-order valence-electron chi connectivity index (χ1n) is 6.81. The lowest BCUT2D eigenvalue weighted by atomic mass is 9.78. The van der Waals surface area contributed by atoms with Crippen LogP contribution >= 0.6 is 11.6 Å². The Morgan fingerprint density at radius 2 is 2.06 bits per heavy atom. The molecule has 1 amide bonds. The molecule has 2 fully saturated rings. The zero-order chi connectivity index (χ0) is 12.5. The molecule has 18 heavy (non-hydrogen) atoms. The number of likely N-dealkylation sites (tertiary alicyclic amines) is 1. The monoisotopic (exact) mass is 267 g/mol. The summed E-state index contributed by atoms with van der Waals surface area (Å²) in [7, 11) is 0. The highest BCUT2D eigenvalue weighted by molar-refractivity contribution is 6.32. The quantitative estimate of drug-likeness (QED) is 0.777. The highest BCUT2D eigenvalue weighted by atomic mass is 35.5. The van der Waals surface area contributed by atoms with Crippen LogP contribution in [0.3, 0.4) is 0 Å². The van der Waals surface area contributed by atoms with Crippen LogP contribution in [0.1, 0.15) is 48.9 Å². The van der Waals surface area contributed by atoms with Crippen molar-refractivity contribution in [2.45, 2.75) is 44.6 Å². The number of piperidine rings is 1. The molecule has 3 rings (SSSR count). The van der Waals surface area contributed by atoms with Gasteiger partial charge in [0.15, 0.2) is 0 Å². The lowest BCUT2D eigenvalue weighted by Crippen LogP contribution is -2.49. The van der Waals surface area contributed by atoms with Crippen LogP contribution in [0.5, 0.6) is 0 Å². The minimum atomic E-state index is 0.0466. The highest BCUT2D eigenvalue weighted by Crippen LogP contribution is 2.36. The van der Waals surface area contributed by atoms with Gasteiger partial charge in [0, 0.05) is 12.6 Å². The van der Waals surface area contributed by atoms with Gasteiger partial charge in [0.25, 0.3) is 5.91 Å². The number of amides is 1. The third kappa shape index (κ3) is 2.05. The molecule has 0 bridgehead atoms. The van der Waals surface area contributed by atoms with E-state index in [-0.39, 0.29) is 11.1 Å². The SMILES string of the molecule is O=C(c1ccoc1Cl)N1CCC[C@H]2CCCC[C@H]21. The van der Waals surface area contributed by atoms with E-state index in [1.54, 1.807) is 6.07 Å². The third-order valence-corrected chi connectivity index (χ3v) is 4.65. The number of rotatable bonds is 1. The van der Waals surface area contributed by atoms with Gasteiger partial charge in [-0.25, -0.2) is 0 Å². The summed E-state index contributed by atoms with van der Waals surface area (Å²) >= 11 is 5.91. The average molecular weight is 268 g/mol. The fourth-order valence-electron chi connectivity index (χ4n) is 3.48. The summed E-state index contributed by atoms with van der Waals surface area (Å²) < 4.78 is 5.03. The third-order valence-electron chi connectivity index (χ3n) is 4.35. The second-order valence-electron chi connectivity index (χ2n) is 5.36. The van der Waals surface area contributed by atoms with Gasteiger partial charge in [-0.2, -0.15) is 0 Å². The summed E-state index contributed by atoms with van der Waals surface area (Å²) in [5.41, 5.74) is 0.517. The Bertz CT molecular complexity index is 441. The molecule has 3 nitrogen and oxygen atoms in total. The number of hydrogen-bond acceptors (Lipinski definition) is 2. The lowest BCUT2D eigenvalue weighted by Gasteiger charge is -2.44. The topological polar surface area (TPSA) is 33.5 Å². The Kier molecular flexibility index (Phi) is 3.33. The summed E-state index contributed by atoms with van der Waals surface area (Å²) in [4.78, 5) is 14.5. The molecule has 0 unspecified atom stereocenters. The van der Waals surface area contributed by atoms with Crippen LogP contribution in [-0.4, -0.2) is 23.4 Å². The Hall–Kier alpha value is -0.960. The number of halogens is 1. The minimum absolute atomic E-state index is 0.0466. The van der Waals surface area contributed by atoms with E-state index in [0.29, 0.717) is 17.5 Å². The largest absolute Gasteiger partial charge is 0.452 e. The van der Waals surface area contributed by atoms with Crippen molar-refractivity contribution in [3.05, 3.63) is 23.1 Å². The first-order chi connectivity index (χ1) is 8.77. The molecule has 2 aliphatic rings. The Labute approximate surface area is 112 Å². The molecule has 1 saturated heterocycles. The molecule has 1 aliphatic carbocycles. The van der Waals surface area contributed by atoms with Crippen molar-refractivity contribution >= 4 is 17.5 Å². The molecule has 1 aromatic heterocycles. The van der Waals surface area contributed by atoms with Crippen molar-refractivity contribution in [3.63, 3.8) is 0 Å². The fourth-order valence-corrected chi connectivity index (χ4v) is 3.67. The second-order valence-corrected chi connectivity index (χ2v) is 5.70. The van der Waals surface area contributed by atoms with Gasteiger partial charge in [0.05, 0.1) is 11.8 Å². The van der Waals surface area contributed by atoms with Gasteiger partial charge in [-0.1, -0.05) is 12.8 Å². The normalized spacial score (nSPS) is 27.9. The lowest BCUT2D eigenvalue weighted by molar-refractivity contribution is 0.0390. The standard InChI is InChI=1S/C14H18ClNO2/c15-13-11(7-9-18-13)14(17)16-8-3-5-10-4-1-2-6-12(10)16/h7,9-10,12H,1-6,8H2/t10-,12-/m1/s1. The number of fused-ring (bicyclic) bond motifs is 1. The Morgan fingerprint density at radius 1 is 1.28 bits per heavy atom. The smallest absolute Gasteiger partial charge is 0.258 e. The minimum Gasteiger partial charge on any atom is -0.452 e.